The first kappa shape index (κ1) is 17.0. The van der Waals surface area contributed by atoms with Gasteiger partial charge in [0, 0.05) is 0 Å². The Balaban J connectivity index is 2.57. The van der Waals surface area contributed by atoms with Crippen molar-refractivity contribution in [1.29, 1.82) is 0 Å². The van der Waals surface area contributed by atoms with Crippen LogP contribution in [0.2, 0.25) is 0 Å². The highest BCUT2D eigenvalue weighted by atomic mass is 16.6. The molecule has 0 amide bonds. The lowest BCUT2D eigenvalue weighted by Gasteiger charge is -2.27. The van der Waals surface area contributed by atoms with Gasteiger partial charge in [0.25, 0.3) is 0 Å². The lowest BCUT2D eigenvalue weighted by Crippen LogP contribution is -2.41. The van der Waals surface area contributed by atoms with Gasteiger partial charge in [-0.05, 0) is 66.1 Å². The van der Waals surface area contributed by atoms with Crippen LogP contribution in [0.1, 0.15) is 51.9 Å². The maximum atomic E-state index is 12.2. The summed E-state index contributed by atoms with van der Waals surface area (Å²) in [5, 5.41) is 10.5. The lowest BCUT2D eigenvalue weighted by molar-refractivity contribution is -0.167. The van der Waals surface area contributed by atoms with Crippen LogP contribution < -0.4 is 0 Å². The van der Waals surface area contributed by atoms with Crippen molar-refractivity contribution in [3.63, 3.8) is 0 Å². The molecule has 0 aromatic carbocycles. The zero-order chi connectivity index (χ0) is 15.0. The highest BCUT2D eigenvalue weighted by Gasteiger charge is 2.37. The van der Waals surface area contributed by atoms with Crippen LogP contribution in [-0.2, 0) is 9.53 Å². The van der Waals surface area contributed by atoms with Crippen molar-refractivity contribution in [1.82, 2.24) is 4.90 Å². The van der Waals surface area contributed by atoms with E-state index in [2.05, 4.69) is 11.8 Å². The summed E-state index contributed by atoms with van der Waals surface area (Å²) < 4.78 is 5.46. The Labute approximate surface area is 122 Å². The van der Waals surface area contributed by atoms with Crippen molar-refractivity contribution in [3.8, 4) is 11.8 Å². The molecule has 1 fully saturated rings. The van der Waals surface area contributed by atoms with E-state index < -0.39 is 11.6 Å². The molecule has 0 aliphatic heterocycles. The fraction of sp³-hybridized carbons (Fsp3) is 0.812. The second kappa shape index (κ2) is 8.28. The molecule has 1 unspecified atom stereocenters. The van der Waals surface area contributed by atoms with Gasteiger partial charge in [-0.1, -0.05) is 12.3 Å². The molecule has 0 bridgehead atoms. The fourth-order valence-corrected chi connectivity index (χ4v) is 2.51. The van der Waals surface area contributed by atoms with Gasteiger partial charge in [0.15, 0.2) is 0 Å². The number of nitrogens with zero attached hydrogens (tertiary/aromatic N) is 1. The molecule has 4 heteroatoms. The Morgan fingerprint density at radius 2 is 2.00 bits per heavy atom. The normalized spacial score (nSPS) is 19.1. The molecule has 1 aliphatic rings. The number of hydrogen-bond donors (Lipinski definition) is 1. The minimum absolute atomic E-state index is 0.0460. The molecular formula is C16H27NO3. The van der Waals surface area contributed by atoms with Gasteiger partial charge in [0.1, 0.15) is 6.10 Å². The van der Waals surface area contributed by atoms with Crippen molar-refractivity contribution in [2.24, 2.45) is 0 Å². The van der Waals surface area contributed by atoms with Crippen LogP contribution >= 0.6 is 0 Å². The number of esters is 1. The van der Waals surface area contributed by atoms with E-state index >= 15 is 0 Å². The van der Waals surface area contributed by atoms with Crippen molar-refractivity contribution in [2.75, 3.05) is 20.6 Å². The van der Waals surface area contributed by atoms with E-state index in [9.17, 15) is 9.90 Å². The molecule has 0 aromatic heterocycles. The topological polar surface area (TPSA) is 49.8 Å². The summed E-state index contributed by atoms with van der Waals surface area (Å²) in [6.45, 7) is 2.44. The number of ether oxygens (including phenoxy) is 1. The van der Waals surface area contributed by atoms with Crippen LogP contribution in [0.25, 0.3) is 0 Å². The average Bonchev–Trinajstić information content (AvgIpc) is 2.39. The zero-order valence-electron chi connectivity index (χ0n) is 12.9. The summed E-state index contributed by atoms with van der Waals surface area (Å²) in [4.78, 5) is 14.2. The highest BCUT2D eigenvalue weighted by molar-refractivity contribution is 5.83. The van der Waals surface area contributed by atoms with E-state index in [1.165, 1.54) is 6.42 Å². The van der Waals surface area contributed by atoms with Crippen LogP contribution in [0.5, 0.6) is 0 Å². The Bertz CT molecular complexity index is 364. The number of carbonyl (C=O) groups excluding carboxylic acids is 1. The number of rotatable bonds is 6. The van der Waals surface area contributed by atoms with Crippen LogP contribution in [0.4, 0.5) is 0 Å². The van der Waals surface area contributed by atoms with E-state index in [1.807, 2.05) is 19.0 Å². The molecule has 1 aliphatic carbocycles. The molecule has 1 rings (SSSR count). The molecule has 0 radical (unpaired) electrons. The summed E-state index contributed by atoms with van der Waals surface area (Å²) in [5.74, 6) is 4.71. The zero-order valence-corrected chi connectivity index (χ0v) is 12.9. The van der Waals surface area contributed by atoms with Crippen molar-refractivity contribution >= 4 is 5.97 Å². The SMILES string of the molecule is CC#CC(O)(CCCN(C)C)C(=O)OC1CCCCC1. The van der Waals surface area contributed by atoms with Crippen molar-refractivity contribution in [3.05, 3.63) is 0 Å². The van der Waals surface area contributed by atoms with Gasteiger partial charge >= 0.3 is 5.97 Å². The molecular weight excluding hydrogens is 254 g/mol. The average molecular weight is 281 g/mol. The summed E-state index contributed by atoms with van der Waals surface area (Å²) in [7, 11) is 3.93. The Morgan fingerprint density at radius 1 is 1.35 bits per heavy atom. The third-order valence-corrected chi connectivity index (χ3v) is 3.64. The molecule has 1 N–H and O–H groups in total. The third kappa shape index (κ3) is 5.52. The number of hydrogen-bond acceptors (Lipinski definition) is 4. The maximum Gasteiger partial charge on any atom is 0.351 e. The molecule has 0 saturated heterocycles. The minimum Gasteiger partial charge on any atom is -0.459 e. The second-order valence-corrected chi connectivity index (χ2v) is 5.81. The van der Waals surface area contributed by atoms with Crippen LogP contribution in [0, 0.1) is 11.8 Å². The molecule has 0 aromatic rings. The third-order valence-electron chi connectivity index (χ3n) is 3.64. The molecule has 1 atom stereocenters. The molecule has 0 heterocycles. The van der Waals surface area contributed by atoms with E-state index in [0.29, 0.717) is 12.8 Å². The number of carbonyl (C=O) groups is 1. The Morgan fingerprint density at radius 3 is 2.55 bits per heavy atom. The monoisotopic (exact) mass is 281 g/mol. The van der Waals surface area contributed by atoms with Gasteiger partial charge in [-0.3, -0.25) is 0 Å². The van der Waals surface area contributed by atoms with Crippen LogP contribution in [0.15, 0.2) is 0 Å². The van der Waals surface area contributed by atoms with Gasteiger partial charge in [-0.15, -0.1) is 5.92 Å². The second-order valence-electron chi connectivity index (χ2n) is 5.81. The van der Waals surface area contributed by atoms with Crippen molar-refractivity contribution in [2.45, 2.75) is 63.6 Å². The van der Waals surface area contributed by atoms with Gasteiger partial charge < -0.3 is 14.7 Å². The summed E-state index contributed by atoms with van der Waals surface area (Å²) in [6.07, 6.45) is 6.17. The largest absolute Gasteiger partial charge is 0.459 e. The van der Waals surface area contributed by atoms with E-state index in [0.717, 1.165) is 32.2 Å². The Hall–Kier alpha value is -1.05. The first-order valence-corrected chi connectivity index (χ1v) is 7.50. The van der Waals surface area contributed by atoms with Gasteiger partial charge in [0.05, 0.1) is 0 Å². The molecule has 114 valence electrons. The lowest BCUT2D eigenvalue weighted by atomic mass is 9.96. The molecule has 0 spiro atoms. The van der Waals surface area contributed by atoms with Gasteiger partial charge in [0.2, 0.25) is 5.60 Å². The highest BCUT2D eigenvalue weighted by Crippen LogP contribution is 2.23. The molecule has 4 nitrogen and oxygen atoms in total. The van der Waals surface area contributed by atoms with Crippen LogP contribution in [-0.4, -0.2) is 48.3 Å². The fourth-order valence-electron chi connectivity index (χ4n) is 2.51. The number of aliphatic hydroxyl groups is 1. The summed E-state index contributed by atoms with van der Waals surface area (Å²) in [6, 6.07) is 0. The summed E-state index contributed by atoms with van der Waals surface area (Å²) >= 11 is 0. The maximum absolute atomic E-state index is 12.2. The predicted octanol–water partition coefficient (Wildman–Crippen LogP) is 1.96. The first-order chi connectivity index (χ1) is 9.48. The van der Waals surface area contributed by atoms with Gasteiger partial charge in [-0.2, -0.15) is 0 Å². The first-order valence-electron chi connectivity index (χ1n) is 7.50. The van der Waals surface area contributed by atoms with Gasteiger partial charge in [-0.25, -0.2) is 4.79 Å². The smallest absolute Gasteiger partial charge is 0.351 e. The minimum atomic E-state index is -1.65. The van der Waals surface area contributed by atoms with Crippen LogP contribution in [0.3, 0.4) is 0 Å². The predicted molar refractivity (Wildman–Crippen MR) is 79.2 cm³/mol. The van der Waals surface area contributed by atoms with E-state index in [-0.39, 0.29) is 6.10 Å². The Kier molecular flexibility index (Phi) is 7.04. The quantitative estimate of drug-likeness (QED) is 0.597. The molecule has 20 heavy (non-hydrogen) atoms. The van der Waals surface area contributed by atoms with E-state index in [4.69, 9.17) is 4.74 Å². The summed E-state index contributed by atoms with van der Waals surface area (Å²) in [5.41, 5.74) is -1.65. The van der Waals surface area contributed by atoms with E-state index in [1.54, 1.807) is 6.92 Å². The standard InChI is InChI=1S/C16H27NO3/c1-4-11-16(19,12-8-13-17(2)3)15(18)20-14-9-6-5-7-10-14/h14,19H,5-10,12-13H2,1-3H3. The molecule has 1 saturated carbocycles. The van der Waals surface area contributed by atoms with Crippen molar-refractivity contribution < 1.29 is 14.6 Å².